The van der Waals surface area contributed by atoms with Gasteiger partial charge in [-0.25, -0.2) is 0 Å². The molecule has 56 valence electrons. The van der Waals surface area contributed by atoms with Crippen molar-refractivity contribution < 1.29 is 4.74 Å². The van der Waals surface area contributed by atoms with Gasteiger partial charge < -0.3 is 4.74 Å². The van der Waals surface area contributed by atoms with Gasteiger partial charge in [-0.2, -0.15) is 0 Å². The van der Waals surface area contributed by atoms with Crippen LogP contribution in [0.5, 0.6) is 0 Å². The van der Waals surface area contributed by atoms with E-state index in [0.717, 1.165) is 18.6 Å². The normalized spacial score (nSPS) is 18.9. The molecule has 0 aromatic rings. The zero-order valence-corrected chi connectivity index (χ0v) is 6.90. The summed E-state index contributed by atoms with van der Waals surface area (Å²) in [6, 6.07) is 0. The third-order valence-corrected chi connectivity index (χ3v) is 1.90. The predicted molar refractivity (Wildman–Crippen MR) is 42.7 cm³/mol. The Morgan fingerprint density at radius 1 is 1.30 bits per heavy atom. The summed E-state index contributed by atoms with van der Waals surface area (Å²) < 4.78 is 5.19. The quantitative estimate of drug-likeness (QED) is 0.541. The highest BCUT2D eigenvalue weighted by molar-refractivity contribution is 5.28. The van der Waals surface area contributed by atoms with Gasteiger partial charge in [-0.3, -0.25) is 0 Å². The van der Waals surface area contributed by atoms with E-state index in [1.165, 1.54) is 11.1 Å². The van der Waals surface area contributed by atoms with Gasteiger partial charge in [0.2, 0.25) is 0 Å². The molecule has 0 fully saturated rings. The molecule has 1 aliphatic carbocycles. The van der Waals surface area contributed by atoms with E-state index in [4.69, 9.17) is 4.74 Å². The summed E-state index contributed by atoms with van der Waals surface area (Å²) in [6.07, 6.45) is 4.42. The van der Waals surface area contributed by atoms with Crippen molar-refractivity contribution in [1.82, 2.24) is 0 Å². The molecule has 0 unspecified atom stereocenters. The van der Waals surface area contributed by atoms with E-state index in [-0.39, 0.29) is 0 Å². The number of methoxy groups -OCH3 is 1. The topological polar surface area (TPSA) is 9.23 Å². The van der Waals surface area contributed by atoms with Gasteiger partial charge in [0.05, 0.1) is 12.9 Å². The molecule has 0 amide bonds. The Kier molecular flexibility index (Phi) is 2.15. The van der Waals surface area contributed by atoms with Crippen LogP contribution in [0.2, 0.25) is 0 Å². The molecule has 0 spiro atoms. The molecule has 10 heavy (non-hydrogen) atoms. The molecule has 0 atom stereocenters. The maximum atomic E-state index is 5.19. The van der Waals surface area contributed by atoms with Crippen LogP contribution in [0, 0.1) is 0 Å². The van der Waals surface area contributed by atoms with Crippen LogP contribution in [0.4, 0.5) is 0 Å². The summed E-state index contributed by atoms with van der Waals surface area (Å²) in [5, 5.41) is 0. The van der Waals surface area contributed by atoms with E-state index >= 15 is 0 Å². The molecule has 0 bridgehead atoms. The van der Waals surface area contributed by atoms with Gasteiger partial charge in [0.15, 0.2) is 0 Å². The number of allylic oxidation sites excluding steroid dienone is 4. The SMILES string of the molecule is COC1=C(C)C=C(C)CC1. The van der Waals surface area contributed by atoms with E-state index < -0.39 is 0 Å². The predicted octanol–water partition coefficient (Wildman–Crippen LogP) is 2.65. The Balaban J connectivity index is 2.80. The third-order valence-electron chi connectivity index (χ3n) is 1.90. The number of hydrogen-bond acceptors (Lipinski definition) is 1. The van der Waals surface area contributed by atoms with Crippen LogP contribution in [0.3, 0.4) is 0 Å². The third kappa shape index (κ3) is 1.41. The second-order valence-corrected chi connectivity index (χ2v) is 2.80. The second-order valence-electron chi connectivity index (χ2n) is 2.80. The molecular formula is C9H14O. The molecule has 1 aliphatic rings. The molecule has 0 aromatic heterocycles. The minimum atomic E-state index is 1.07. The minimum absolute atomic E-state index is 1.07. The molecular weight excluding hydrogens is 124 g/mol. The molecule has 1 heteroatoms. The average molecular weight is 138 g/mol. The zero-order chi connectivity index (χ0) is 7.56. The fourth-order valence-corrected chi connectivity index (χ4v) is 1.29. The lowest BCUT2D eigenvalue weighted by Gasteiger charge is -2.14. The van der Waals surface area contributed by atoms with E-state index in [9.17, 15) is 0 Å². The molecule has 0 aliphatic heterocycles. The fraction of sp³-hybridized carbons (Fsp3) is 0.556. The molecule has 1 nitrogen and oxygen atoms in total. The van der Waals surface area contributed by atoms with Gasteiger partial charge in [0.25, 0.3) is 0 Å². The van der Waals surface area contributed by atoms with Crippen molar-refractivity contribution >= 4 is 0 Å². The van der Waals surface area contributed by atoms with E-state index in [2.05, 4.69) is 19.9 Å². The highest BCUT2D eigenvalue weighted by Crippen LogP contribution is 2.23. The summed E-state index contributed by atoms with van der Waals surface area (Å²) in [6.45, 7) is 4.26. The lowest BCUT2D eigenvalue weighted by atomic mass is 10.0. The molecule has 0 heterocycles. The van der Waals surface area contributed by atoms with Crippen molar-refractivity contribution in [3.8, 4) is 0 Å². The van der Waals surface area contributed by atoms with Crippen LogP contribution in [0.25, 0.3) is 0 Å². The summed E-state index contributed by atoms with van der Waals surface area (Å²) in [5.41, 5.74) is 2.74. The van der Waals surface area contributed by atoms with Crippen molar-refractivity contribution in [3.63, 3.8) is 0 Å². The lowest BCUT2D eigenvalue weighted by molar-refractivity contribution is 0.272. The van der Waals surface area contributed by atoms with Crippen molar-refractivity contribution in [3.05, 3.63) is 23.0 Å². The van der Waals surface area contributed by atoms with Crippen LogP contribution in [0.1, 0.15) is 26.7 Å². The van der Waals surface area contributed by atoms with Crippen LogP contribution in [-0.4, -0.2) is 7.11 Å². The van der Waals surface area contributed by atoms with E-state index in [1.54, 1.807) is 7.11 Å². The maximum absolute atomic E-state index is 5.19. The van der Waals surface area contributed by atoms with Crippen LogP contribution in [-0.2, 0) is 4.74 Å². The highest BCUT2D eigenvalue weighted by atomic mass is 16.5. The summed E-state index contributed by atoms with van der Waals surface area (Å²) in [4.78, 5) is 0. The largest absolute Gasteiger partial charge is 0.501 e. The number of rotatable bonds is 1. The van der Waals surface area contributed by atoms with Crippen molar-refractivity contribution in [1.29, 1.82) is 0 Å². The van der Waals surface area contributed by atoms with Gasteiger partial charge in [0, 0.05) is 6.42 Å². The Hall–Kier alpha value is -0.720. The number of hydrogen-bond donors (Lipinski definition) is 0. The Bertz CT molecular complexity index is 187. The Morgan fingerprint density at radius 3 is 2.50 bits per heavy atom. The van der Waals surface area contributed by atoms with Crippen LogP contribution in [0.15, 0.2) is 23.0 Å². The molecule has 0 saturated heterocycles. The smallest absolute Gasteiger partial charge is 0.0987 e. The first-order valence-electron chi connectivity index (χ1n) is 3.65. The standard InChI is InChI=1S/C9H14O/c1-7-4-5-9(10-3)8(2)6-7/h6H,4-5H2,1-3H3. The second kappa shape index (κ2) is 2.91. The minimum Gasteiger partial charge on any atom is -0.501 e. The van der Waals surface area contributed by atoms with Gasteiger partial charge in [-0.1, -0.05) is 11.6 Å². The molecule has 0 radical (unpaired) electrons. The Labute approximate surface area is 62.4 Å². The molecule has 1 rings (SSSR count). The van der Waals surface area contributed by atoms with E-state index in [1.807, 2.05) is 0 Å². The van der Waals surface area contributed by atoms with Crippen molar-refractivity contribution in [2.75, 3.05) is 7.11 Å². The molecule has 0 N–H and O–H groups in total. The summed E-state index contributed by atoms with van der Waals surface area (Å²) >= 11 is 0. The average Bonchev–Trinajstić information content (AvgIpc) is 1.88. The lowest BCUT2D eigenvalue weighted by Crippen LogP contribution is -1.97. The molecule has 0 aromatic carbocycles. The Morgan fingerprint density at radius 2 is 2.00 bits per heavy atom. The first-order chi connectivity index (χ1) is 4.74. The van der Waals surface area contributed by atoms with Gasteiger partial charge in [-0.05, 0) is 25.8 Å². The monoisotopic (exact) mass is 138 g/mol. The van der Waals surface area contributed by atoms with Crippen LogP contribution >= 0.6 is 0 Å². The van der Waals surface area contributed by atoms with E-state index in [0.29, 0.717) is 0 Å². The highest BCUT2D eigenvalue weighted by Gasteiger charge is 2.06. The summed E-state index contributed by atoms with van der Waals surface area (Å²) in [7, 11) is 1.74. The fourth-order valence-electron chi connectivity index (χ4n) is 1.29. The van der Waals surface area contributed by atoms with Gasteiger partial charge >= 0.3 is 0 Å². The first-order valence-corrected chi connectivity index (χ1v) is 3.65. The van der Waals surface area contributed by atoms with Crippen molar-refractivity contribution in [2.24, 2.45) is 0 Å². The van der Waals surface area contributed by atoms with Crippen LogP contribution < -0.4 is 0 Å². The van der Waals surface area contributed by atoms with Gasteiger partial charge in [-0.15, -0.1) is 0 Å². The number of ether oxygens (including phenoxy) is 1. The first kappa shape index (κ1) is 7.39. The zero-order valence-electron chi connectivity index (χ0n) is 6.90. The van der Waals surface area contributed by atoms with Crippen molar-refractivity contribution in [2.45, 2.75) is 26.7 Å². The maximum Gasteiger partial charge on any atom is 0.0987 e. The molecule has 0 saturated carbocycles. The van der Waals surface area contributed by atoms with Gasteiger partial charge in [0.1, 0.15) is 0 Å². The summed E-state index contributed by atoms with van der Waals surface area (Å²) in [5.74, 6) is 1.14.